The fraction of sp³-hybridized carbons (Fsp3) is 0.600. The minimum absolute atomic E-state index is 0.248. The van der Waals surface area contributed by atoms with Gasteiger partial charge in [0.1, 0.15) is 5.82 Å². The Bertz CT molecular complexity index is 291. The first-order chi connectivity index (χ1) is 6.76. The molecule has 0 aliphatic carbocycles. The minimum Gasteiger partial charge on any atom is -0.396 e. The normalized spacial score (nSPS) is 10.5. The van der Waals surface area contributed by atoms with Crippen LogP contribution < -0.4 is 0 Å². The number of rotatable bonds is 5. The fourth-order valence-corrected chi connectivity index (χ4v) is 1.99. The maximum atomic E-state index is 8.65. The molecule has 0 aliphatic heterocycles. The van der Waals surface area contributed by atoms with Gasteiger partial charge in [-0.15, -0.1) is 11.8 Å². The van der Waals surface area contributed by atoms with Gasteiger partial charge in [-0.2, -0.15) is 0 Å². The molecular weight excluding hydrogens is 196 g/mol. The molecule has 0 aromatic carbocycles. The number of hydrogen-bond donors (Lipinski definition) is 1. The van der Waals surface area contributed by atoms with Crippen LogP contribution in [0.15, 0.2) is 11.1 Å². The third kappa shape index (κ3) is 3.64. The van der Waals surface area contributed by atoms with E-state index in [0.717, 1.165) is 35.1 Å². The predicted octanol–water partition coefficient (Wildman–Crippen LogP) is 1.82. The van der Waals surface area contributed by atoms with Crippen LogP contribution in [0.5, 0.6) is 0 Å². The molecule has 1 aromatic rings. The zero-order chi connectivity index (χ0) is 10.4. The van der Waals surface area contributed by atoms with E-state index >= 15 is 0 Å². The Morgan fingerprint density at radius 3 is 2.86 bits per heavy atom. The second-order valence-corrected chi connectivity index (χ2v) is 4.14. The first kappa shape index (κ1) is 11.5. The summed E-state index contributed by atoms with van der Waals surface area (Å²) < 4.78 is 0. The van der Waals surface area contributed by atoms with Gasteiger partial charge in [0.15, 0.2) is 0 Å². The topological polar surface area (TPSA) is 46.0 Å². The molecule has 0 saturated carbocycles. The van der Waals surface area contributed by atoms with Crippen LogP contribution in [0.25, 0.3) is 0 Å². The van der Waals surface area contributed by atoms with E-state index in [2.05, 4.69) is 16.9 Å². The number of aryl methyl sites for hydroxylation is 2. The average molecular weight is 212 g/mol. The highest BCUT2D eigenvalue weighted by molar-refractivity contribution is 7.99. The van der Waals surface area contributed by atoms with Crippen molar-refractivity contribution in [2.75, 3.05) is 12.4 Å². The first-order valence-corrected chi connectivity index (χ1v) is 5.83. The molecule has 0 spiro atoms. The summed E-state index contributed by atoms with van der Waals surface area (Å²) in [6.45, 7) is 4.25. The van der Waals surface area contributed by atoms with Crippen molar-refractivity contribution in [3.63, 3.8) is 0 Å². The molecule has 14 heavy (non-hydrogen) atoms. The van der Waals surface area contributed by atoms with Crippen LogP contribution in [0.4, 0.5) is 0 Å². The molecule has 1 N–H and O–H groups in total. The lowest BCUT2D eigenvalue weighted by atomic mass is 10.3. The zero-order valence-electron chi connectivity index (χ0n) is 8.66. The lowest BCUT2D eigenvalue weighted by molar-refractivity contribution is 0.296. The van der Waals surface area contributed by atoms with Crippen LogP contribution in [0.2, 0.25) is 0 Å². The molecule has 4 heteroatoms. The second kappa shape index (κ2) is 5.98. The van der Waals surface area contributed by atoms with Crippen LogP contribution in [-0.4, -0.2) is 27.4 Å². The fourth-order valence-electron chi connectivity index (χ4n) is 1.10. The number of nitrogens with zero attached hydrogens (tertiary/aromatic N) is 2. The molecule has 0 radical (unpaired) electrons. The minimum atomic E-state index is 0.248. The van der Waals surface area contributed by atoms with Gasteiger partial charge in [0.25, 0.3) is 0 Å². The smallest absolute Gasteiger partial charge is 0.126 e. The molecule has 0 atom stereocenters. The third-order valence-electron chi connectivity index (χ3n) is 1.78. The van der Waals surface area contributed by atoms with Gasteiger partial charge in [0.05, 0.1) is 5.03 Å². The summed E-state index contributed by atoms with van der Waals surface area (Å²) in [5, 5.41) is 9.67. The number of thioether (sulfide) groups is 1. The Morgan fingerprint density at radius 2 is 2.21 bits per heavy atom. The Morgan fingerprint density at radius 1 is 1.43 bits per heavy atom. The summed E-state index contributed by atoms with van der Waals surface area (Å²) >= 11 is 1.68. The number of aliphatic hydroxyl groups excluding tert-OH is 1. The monoisotopic (exact) mass is 212 g/mol. The van der Waals surface area contributed by atoms with Gasteiger partial charge in [-0.05, 0) is 25.8 Å². The highest BCUT2D eigenvalue weighted by Gasteiger charge is 2.00. The quantitative estimate of drug-likeness (QED) is 0.459. The zero-order valence-corrected chi connectivity index (χ0v) is 9.47. The maximum Gasteiger partial charge on any atom is 0.126 e. The van der Waals surface area contributed by atoms with E-state index in [4.69, 9.17) is 5.11 Å². The van der Waals surface area contributed by atoms with Gasteiger partial charge >= 0.3 is 0 Å². The summed E-state index contributed by atoms with van der Waals surface area (Å²) in [5.41, 5.74) is 1.09. The SMILES string of the molecule is CCc1cc(SCCCO)nc(C)n1. The molecule has 78 valence electrons. The number of hydrogen-bond acceptors (Lipinski definition) is 4. The van der Waals surface area contributed by atoms with E-state index in [1.807, 2.05) is 13.0 Å². The molecule has 0 amide bonds. The molecule has 1 rings (SSSR count). The Labute approximate surface area is 89.0 Å². The van der Waals surface area contributed by atoms with E-state index in [0.29, 0.717) is 0 Å². The molecular formula is C10H16N2OS. The summed E-state index contributed by atoms with van der Waals surface area (Å²) in [4.78, 5) is 8.63. The van der Waals surface area contributed by atoms with Gasteiger partial charge < -0.3 is 5.11 Å². The van der Waals surface area contributed by atoms with Gasteiger partial charge in [-0.25, -0.2) is 9.97 Å². The maximum absolute atomic E-state index is 8.65. The molecule has 1 heterocycles. The molecule has 0 aliphatic rings. The second-order valence-electron chi connectivity index (χ2n) is 3.02. The van der Waals surface area contributed by atoms with Gasteiger partial charge in [-0.3, -0.25) is 0 Å². The van der Waals surface area contributed by atoms with Crippen molar-refractivity contribution in [2.24, 2.45) is 0 Å². The summed E-state index contributed by atoms with van der Waals surface area (Å²) in [6, 6.07) is 2.02. The van der Waals surface area contributed by atoms with Crippen molar-refractivity contribution in [2.45, 2.75) is 31.7 Å². The van der Waals surface area contributed by atoms with Gasteiger partial charge in [-0.1, -0.05) is 6.92 Å². The van der Waals surface area contributed by atoms with Crippen LogP contribution in [0.1, 0.15) is 24.9 Å². The van der Waals surface area contributed by atoms with Crippen LogP contribution in [0, 0.1) is 6.92 Å². The Kier molecular flexibility index (Phi) is 4.90. The lowest BCUT2D eigenvalue weighted by Crippen LogP contribution is -1.96. The van der Waals surface area contributed by atoms with Crippen LogP contribution in [0.3, 0.4) is 0 Å². The predicted molar refractivity (Wildman–Crippen MR) is 58.6 cm³/mol. The number of aromatic nitrogens is 2. The standard InChI is InChI=1S/C10H16N2OS/c1-3-9-7-10(12-8(2)11-9)14-6-4-5-13/h7,13H,3-6H2,1-2H3. The third-order valence-corrected chi connectivity index (χ3v) is 2.78. The highest BCUT2D eigenvalue weighted by atomic mass is 32.2. The summed E-state index contributed by atoms with van der Waals surface area (Å²) in [5.74, 6) is 1.74. The number of aliphatic hydroxyl groups is 1. The van der Waals surface area contributed by atoms with E-state index < -0.39 is 0 Å². The van der Waals surface area contributed by atoms with Crippen LogP contribution >= 0.6 is 11.8 Å². The Balaban J connectivity index is 2.62. The summed E-state index contributed by atoms with van der Waals surface area (Å²) in [6.07, 6.45) is 1.76. The molecule has 3 nitrogen and oxygen atoms in total. The lowest BCUT2D eigenvalue weighted by Gasteiger charge is -2.03. The van der Waals surface area contributed by atoms with E-state index in [-0.39, 0.29) is 6.61 Å². The van der Waals surface area contributed by atoms with Gasteiger partial charge in [0.2, 0.25) is 0 Å². The van der Waals surface area contributed by atoms with Gasteiger partial charge in [0, 0.05) is 18.1 Å². The largest absolute Gasteiger partial charge is 0.396 e. The van der Waals surface area contributed by atoms with Crippen molar-refractivity contribution in [3.05, 3.63) is 17.6 Å². The average Bonchev–Trinajstić information content (AvgIpc) is 2.17. The Hall–Kier alpha value is -0.610. The molecule has 0 unspecified atom stereocenters. The van der Waals surface area contributed by atoms with E-state index in [1.54, 1.807) is 11.8 Å². The van der Waals surface area contributed by atoms with Crippen molar-refractivity contribution in [1.29, 1.82) is 0 Å². The summed E-state index contributed by atoms with van der Waals surface area (Å²) in [7, 11) is 0. The first-order valence-electron chi connectivity index (χ1n) is 4.84. The van der Waals surface area contributed by atoms with E-state index in [1.165, 1.54) is 0 Å². The van der Waals surface area contributed by atoms with E-state index in [9.17, 15) is 0 Å². The van der Waals surface area contributed by atoms with Crippen molar-refractivity contribution >= 4 is 11.8 Å². The molecule has 0 saturated heterocycles. The van der Waals surface area contributed by atoms with Crippen molar-refractivity contribution in [1.82, 2.24) is 9.97 Å². The van der Waals surface area contributed by atoms with Crippen LogP contribution in [-0.2, 0) is 6.42 Å². The van der Waals surface area contributed by atoms with Crippen molar-refractivity contribution < 1.29 is 5.11 Å². The molecule has 0 fully saturated rings. The molecule has 1 aromatic heterocycles. The highest BCUT2D eigenvalue weighted by Crippen LogP contribution is 2.17. The van der Waals surface area contributed by atoms with Crippen molar-refractivity contribution in [3.8, 4) is 0 Å². The molecule has 0 bridgehead atoms.